The van der Waals surface area contributed by atoms with E-state index in [1.165, 1.54) is 31.4 Å². The highest BCUT2D eigenvalue weighted by molar-refractivity contribution is 8.18. The number of carbonyl (C=O) groups excluding carboxylic acids is 1. The van der Waals surface area contributed by atoms with Gasteiger partial charge >= 0.3 is 5.97 Å². The Morgan fingerprint density at radius 2 is 1.73 bits per heavy atom. The molecule has 0 spiro atoms. The van der Waals surface area contributed by atoms with Gasteiger partial charge in [-0.15, -0.1) is 0 Å². The van der Waals surface area contributed by atoms with Crippen molar-refractivity contribution in [1.82, 2.24) is 0 Å². The van der Waals surface area contributed by atoms with Crippen LogP contribution in [0.1, 0.15) is 5.56 Å². The zero-order valence-corrected chi connectivity index (χ0v) is 14.5. The summed E-state index contributed by atoms with van der Waals surface area (Å²) in [7, 11) is 1.22. The van der Waals surface area contributed by atoms with Gasteiger partial charge in [-0.1, -0.05) is 30.0 Å². The molecule has 1 heterocycles. The zero-order chi connectivity index (χ0) is 18.7. The van der Waals surface area contributed by atoms with Crippen LogP contribution >= 0.6 is 11.8 Å². The normalized spacial score (nSPS) is 17.1. The van der Waals surface area contributed by atoms with Crippen LogP contribution in [0, 0.1) is 0 Å². The molecular formula is C19H15NO5S. The molecule has 0 unspecified atom stereocenters. The van der Waals surface area contributed by atoms with E-state index in [2.05, 4.69) is 4.99 Å². The van der Waals surface area contributed by atoms with E-state index in [1.54, 1.807) is 12.1 Å². The predicted molar refractivity (Wildman–Crippen MR) is 101 cm³/mol. The summed E-state index contributed by atoms with van der Waals surface area (Å²) in [5.41, 5.74) is 1.05. The lowest BCUT2D eigenvalue weighted by Gasteiger charge is -2.01. The van der Waals surface area contributed by atoms with Crippen molar-refractivity contribution in [2.45, 2.75) is 0 Å². The van der Waals surface area contributed by atoms with E-state index in [4.69, 9.17) is 4.74 Å². The van der Waals surface area contributed by atoms with E-state index in [0.29, 0.717) is 21.2 Å². The summed E-state index contributed by atoms with van der Waals surface area (Å²) in [4.78, 5) is 16.8. The van der Waals surface area contributed by atoms with E-state index in [-0.39, 0.29) is 22.8 Å². The van der Waals surface area contributed by atoms with Crippen molar-refractivity contribution in [3.05, 3.63) is 70.3 Å². The fraction of sp³-hybridized carbons (Fsp3) is 0.0526. The fourth-order valence-electron chi connectivity index (χ4n) is 2.36. The van der Waals surface area contributed by atoms with Crippen LogP contribution < -0.4 is 0 Å². The van der Waals surface area contributed by atoms with Crippen LogP contribution in [0.2, 0.25) is 0 Å². The fourth-order valence-corrected chi connectivity index (χ4v) is 3.40. The summed E-state index contributed by atoms with van der Waals surface area (Å²) >= 11 is 1.09. The molecule has 132 valence electrons. The maximum atomic E-state index is 12.1. The number of thioether (sulfide) groups is 1. The highest BCUT2D eigenvalue weighted by Gasteiger charge is 2.32. The zero-order valence-electron chi connectivity index (χ0n) is 13.7. The number of phenols is 2. The van der Waals surface area contributed by atoms with Crippen molar-refractivity contribution in [1.29, 1.82) is 0 Å². The minimum absolute atomic E-state index is 0.0306. The SMILES string of the molecule is COC(=O)C1=C(O)C(=Cc2cc(O)cc(O)c2)SC1=Nc1ccccc1. The van der Waals surface area contributed by atoms with Gasteiger partial charge in [0, 0.05) is 6.07 Å². The molecule has 1 aliphatic heterocycles. The molecule has 0 aromatic heterocycles. The Hall–Kier alpha value is -3.19. The van der Waals surface area contributed by atoms with Gasteiger partial charge in [-0.3, -0.25) is 0 Å². The number of hydrogen-bond acceptors (Lipinski definition) is 7. The number of nitrogens with zero attached hydrogens (tertiary/aromatic N) is 1. The van der Waals surface area contributed by atoms with Gasteiger partial charge < -0.3 is 20.1 Å². The Labute approximate surface area is 153 Å². The van der Waals surface area contributed by atoms with Gasteiger partial charge in [-0.05, 0) is 35.9 Å². The molecule has 3 rings (SSSR count). The maximum absolute atomic E-state index is 12.1. The summed E-state index contributed by atoms with van der Waals surface area (Å²) in [6.07, 6.45) is 1.54. The van der Waals surface area contributed by atoms with Gasteiger partial charge in [-0.2, -0.15) is 0 Å². The van der Waals surface area contributed by atoms with E-state index >= 15 is 0 Å². The molecule has 0 bridgehead atoms. The number of aromatic hydroxyl groups is 2. The number of aliphatic hydroxyl groups excluding tert-OH is 1. The maximum Gasteiger partial charge on any atom is 0.344 e. The Morgan fingerprint density at radius 1 is 1.08 bits per heavy atom. The lowest BCUT2D eigenvalue weighted by atomic mass is 10.1. The van der Waals surface area contributed by atoms with Crippen LogP contribution in [0.15, 0.2) is 69.8 Å². The van der Waals surface area contributed by atoms with Crippen molar-refractivity contribution in [2.75, 3.05) is 7.11 Å². The van der Waals surface area contributed by atoms with Gasteiger partial charge in [0.05, 0.1) is 17.7 Å². The smallest absolute Gasteiger partial charge is 0.344 e. The first-order chi connectivity index (χ1) is 12.5. The molecule has 2 aromatic carbocycles. The number of phenolic OH excluding ortho intramolecular Hbond substituents is 2. The average molecular weight is 369 g/mol. The summed E-state index contributed by atoms with van der Waals surface area (Å²) in [6, 6.07) is 13.1. The highest BCUT2D eigenvalue weighted by atomic mass is 32.2. The second kappa shape index (κ2) is 7.37. The van der Waals surface area contributed by atoms with Crippen molar-refractivity contribution in [3.8, 4) is 11.5 Å². The van der Waals surface area contributed by atoms with Crippen LogP contribution in [-0.2, 0) is 9.53 Å². The third-order valence-electron chi connectivity index (χ3n) is 3.49. The first kappa shape index (κ1) is 17.6. The summed E-state index contributed by atoms with van der Waals surface area (Å²) < 4.78 is 4.75. The molecule has 7 heteroatoms. The van der Waals surface area contributed by atoms with Gasteiger partial charge in [0.15, 0.2) is 0 Å². The molecule has 0 fully saturated rings. The van der Waals surface area contributed by atoms with Crippen LogP contribution in [-0.4, -0.2) is 33.4 Å². The quantitative estimate of drug-likeness (QED) is 0.710. The molecule has 6 nitrogen and oxygen atoms in total. The van der Waals surface area contributed by atoms with Crippen molar-refractivity contribution in [3.63, 3.8) is 0 Å². The highest BCUT2D eigenvalue weighted by Crippen LogP contribution is 2.40. The summed E-state index contributed by atoms with van der Waals surface area (Å²) in [5.74, 6) is -1.20. The third kappa shape index (κ3) is 3.73. The lowest BCUT2D eigenvalue weighted by Crippen LogP contribution is -2.10. The molecule has 0 radical (unpaired) electrons. The number of carbonyl (C=O) groups is 1. The Bertz CT molecular complexity index is 927. The predicted octanol–water partition coefficient (Wildman–Crippen LogP) is 3.90. The number of aliphatic imine (C=N–C) groups is 1. The van der Waals surface area contributed by atoms with Crippen LogP contribution in [0.4, 0.5) is 5.69 Å². The van der Waals surface area contributed by atoms with E-state index < -0.39 is 5.97 Å². The molecule has 0 aliphatic carbocycles. The van der Waals surface area contributed by atoms with Gasteiger partial charge in [0.1, 0.15) is 27.9 Å². The molecule has 3 N–H and O–H groups in total. The van der Waals surface area contributed by atoms with E-state index in [9.17, 15) is 20.1 Å². The van der Waals surface area contributed by atoms with Crippen molar-refractivity contribution < 1.29 is 24.9 Å². The second-order valence-electron chi connectivity index (χ2n) is 5.36. The van der Waals surface area contributed by atoms with Crippen LogP contribution in [0.5, 0.6) is 11.5 Å². The first-order valence-electron chi connectivity index (χ1n) is 7.56. The number of hydrogen-bond donors (Lipinski definition) is 3. The van der Waals surface area contributed by atoms with E-state index in [0.717, 1.165) is 11.8 Å². The molecule has 0 saturated carbocycles. The Morgan fingerprint density at radius 3 is 2.35 bits per heavy atom. The number of esters is 1. The van der Waals surface area contributed by atoms with Gasteiger partial charge in [0.2, 0.25) is 0 Å². The molecule has 1 aliphatic rings. The number of ether oxygens (including phenoxy) is 1. The minimum atomic E-state index is -0.702. The Balaban J connectivity index is 2.06. The molecule has 0 saturated heterocycles. The molecule has 2 aromatic rings. The molecule has 0 amide bonds. The number of aliphatic hydroxyl groups is 1. The van der Waals surface area contributed by atoms with Crippen LogP contribution in [0.25, 0.3) is 6.08 Å². The number of para-hydroxylation sites is 1. The third-order valence-corrected chi connectivity index (χ3v) is 4.51. The average Bonchev–Trinajstić information content (AvgIpc) is 2.89. The molecule has 26 heavy (non-hydrogen) atoms. The standard InChI is InChI=1S/C19H15NO5S/c1-25-19(24)16-17(23)15(9-11-7-13(21)10-14(22)8-11)26-18(16)20-12-5-3-2-4-6-12/h2-10,21-23H,1H3. The van der Waals surface area contributed by atoms with E-state index in [1.807, 2.05) is 18.2 Å². The van der Waals surface area contributed by atoms with Crippen molar-refractivity contribution in [2.24, 2.45) is 4.99 Å². The lowest BCUT2D eigenvalue weighted by molar-refractivity contribution is -0.135. The minimum Gasteiger partial charge on any atom is -0.508 e. The Kier molecular flexibility index (Phi) is 4.99. The van der Waals surface area contributed by atoms with Gasteiger partial charge in [-0.25, -0.2) is 9.79 Å². The number of rotatable bonds is 3. The van der Waals surface area contributed by atoms with Crippen LogP contribution in [0.3, 0.4) is 0 Å². The molecular weight excluding hydrogens is 354 g/mol. The monoisotopic (exact) mass is 369 g/mol. The number of methoxy groups -OCH3 is 1. The second-order valence-corrected chi connectivity index (χ2v) is 6.39. The summed E-state index contributed by atoms with van der Waals surface area (Å²) in [6.45, 7) is 0. The summed E-state index contributed by atoms with van der Waals surface area (Å²) in [5, 5.41) is 30.0. The first-order valence-corrected chi connectivity index (χ1v) is 8.38. The topological polar surface area (TPSA) is 99.4 Å². The largest absolute Gasteiger partial charge is 0.508 e. The van der Waals surface area contributed by atoms with Crippen molar-refractivity contribution >= 4 is 34.5 Å². The molecule has 0 atom stereocenters. The number of benzene rings is 2. The van der Waals surface area contributed by atoms with Gasteiger partial charge in [0.25, 0.3) is 0 Å².